The Morgan fingerprint density at radius 3 is 2.74 bits per heavy atom. The summed E-state index contributed by atoms with van der Waals surface area (Å²) in [6.07, 6.45) is 4.69. The maximum Gasteiger partial charge on any atom is 0.345 e. The molecule has 0 unspecified atom stereocenters. The van der Waals surface area contributed by atoms with Crippen LogP contribution < -0.4 is 4.90 Å². The molecule has 142 valence electrons. The first-order valence-electron chi connectivity index (χ1n) is 8.14. The fourth-order valence-electron chi connectivity index (χ4n) is 3.05. The molecular weight excluding hydrogens is 374 g/mol. The molecule has 2 aliphatic heterocycles. The first-order chi connectivity index (χ1) is 12.9. The monoisotopic (exact) mass is 391 g/mol. The number of allylic oxidation sites excluding steroid dienone is 1. The summed E-state index contributed by atoms with van der Waals surface area (Å²) in [5.74, 6) is -1.02. The van der Waals surface area contributed by atoms with Gasteiger partial charge in [0.05, 0.1) is 11.5 Å². The Balaban J connectivity index is 1.73. The highest BCUT2D eigenvalue weighted by atomic mass is 32.3. The predicted octanol–water partition coefficient (Wildman–Crippen LogP) is 2.91. The van der Waals surface area contributed by atoms with Gasteiger partial charge in [-0.05, 0) is 18.2 Å². The fraction of sp³-hybridized carbons (Fsp3) is 0.235. The number of rotatable bonds is 3. The molecule has 0 aliphatic carbocycles. The van der Waals surface area contributed by atoms with Gasteiger partial charge in [-0.1, -0.05) is 0 Å². The number of hydrogen-bond acceptors (Lipinski definition) is 8. The van der Waals surface area contributed by atoms with Gasteiger partial charge in [-0.25, -0.2) is 14.8 Å². The number of carboxylic acids is 1. The lowest BCUT2D eigenvalue weighted by molar-refractivity contribution is 0.0694. The number of fused-ring (bicyclic) bond motifs is 1. The van der Waals surface area contributed by atoms with E-state index in [2.05, 4.69) is 9.98 Å². The van der Waals surface area contributed by atoms with E-state index in [1.165, 1.54) is 6.08 Å². The van der Waals surface area contributed by atoms with Crippen molar-refractivity contribution in [2.75, 3.05) is 29.5 Å². The molecule has 10 heteroatoms. The van der Waals surface area contributed by atoms with Gasteiger partial charge in [-0.2, -0.15) is 10.6 Å². The van der Waals surface area contributed by atoms with Gasteiger partial charge in [0.15, 0.2) is 22.9 Å². The number of pyridine rings is 1. The van der Waals surface area contributed by atoms with Crippen molar-refractivity contribution in [3.63, 3.8) is 0 Å². The first kappa shape index (κ1) is 17.6. The molecule has 2 aromatic rings. The lowest BCUT2D eigenvalue weighted by Gasteiger charge is -2.40. The summed E-state index contributed by atoms with van der Waals surface area (Å²) in [5, 5.41) is 19.9. The van der Waals surface area contributed by atoms with Crippen LogP contribution in [0.25, 0.3) is 11.6 Å². The van der Waals surface area contributed by atoms with Crippen molar-refractivity contribution in [1.29, 1.82) is 0 Å². The number of aliphatic imine (C=N–C) groups is 1. The molecule has 4 N–H and O–H groups in total. The highest BCUT2D eigenvalue weighted by Crippen LogP contribution is 2.44. The summed E-state index contributed by atoms with van der Waals surface area (Å²) >= 11 is 0. The molecule has 2 aromatic heterocycles. The average Bonchev–Trinajstić information content (AvgIpc) is 3.17. The molecule has 0 atom stereocenters. The van der Waals surface area contributed by atoms with E-state index >= 15 is 0 Å². The van der Waals surface area contributed by atoms with Crippen molar-refractivity contribution in [3.05, 3.63) is 35.2 Å². The average molecular weight is 391 g/mol. The standard InChI is InChI=1S/C17H17N3O6S/c21-14-12(8-10-9-19-15-11(10)2-1-3-18-15)26-16(13(14)17(22)23)20-4-6-27(24,25)7-5-20/h1-3,8-9,21,24-25H,4-7H2,(H,22,23). The summed E-state index contributed by atoms with van der Waals surface area (Å²) in [5.41, 5.74) is 1.04. The lowest BCUT2D eigenvalue weighted by atomic mass is 10.1. The van der Waals surface area contributed by atoms with E-state index in [1.54, 1.807) is 23.4 Å². The number of carboxylic acid groups (broad SMARTS) is 1. The zero-order valence-corrected chi connectivity index (χ0v) is 14.9. The fourth-order valence-corrected chi connectivity index (χ4v) is 4.28. The third-order valence-electron chi connectivity index (χ3n) is 4.48. The quantitative estimate of drug-likeness (QED) is 0.626. The molecular formula is C17H17N3O6S. The minimum atomic E-state index is -2.64. The lowest BCUT2D eigenvalue weighted by Crippen LogP contribution is -2.38. The van der Waals surface area contributed by atoms with Gasteiger partial charge < -0.3 is 19.5 Å². The maximum absolute atomic E-state index is 11.7. The largest absolute Gasteiger partial charge is 0.504 e. The molecule has 27 heavy (non-hydrogen) atoms. The highest BCUT2D eigenvalue weighted by Gasteiger charge is 2.32. The Morgan fingerprint density at radius 1 is 1.30 bits per heavy atom. The SMILES string of the molecule is O=C(O)c1c(N2CCS(O)(O)CC2)oc(C=C2C=Nc3ncccc32)c1O. The second kappa shape index (κ2) is 6.41. The second-order valence-electron chi connectivity index (χ2n) is 6.23. The summed E-state index contributed by atoms with van der Waals surface area (Å²) in [7, 11) is -2.64. The molecule has 1 saturated heterocycles. The molecule has 0 bridgehead atoms. The normalized spacial score (nSPS) is 20.7. The van der Waals surface area contributed by atoms with Crippen LogP contribution >= 0.6 is 10.6 Å². The van der Waals surface area contributed by atoms with Gasteiger partial charge in [0, 0.05) is 36.6 Å². The number of anilines is 1. The van der Waals surface area contributed by atoms with Crippen LogP contribution in [0.4, 0.5) is 11.7 Å². The van der Waals surface area contributed by atoms with Crippen molar-refractivity contribution in [2.24, 2.45) is 4.99 Å². The number of aromatic nitrogens is 1. The van der Waals surface area contributed by atoms with Crippen LogP contribution in [0.15, 0.2) is 27.7 Å². The van der Waals surface area contributed by atoms with Gasteiger partial charge in [-0.15, -0.1) is 0 Å². The van der Waals surface area contributed by atoms with Crippen molar-refractivity contribution in [2.45, 2.75) is 0 Å². The van der Waals surface area contributed by atoms with E-state index in [0.717, 1.165) is 5.56 Å². The molecule has 0 aromatic carbocycles. The summed E-state index contributed by atoms with van der Waals surface area (Å²) in [6.45, 7) is 0.444. The molecule has 0 radical (unpaired) electrons. The maximum atomic E-state index is 11.7. The van der Waals surface area contributed by atoms with Crippen molar-refractivity contribution >= 4 is 46.1 Å². The summed E-state index contributed by atoms with van der Waals surface area (Å²) in [4.78, 5) is 21.6. The van der Waals surface area contributed by atoms with E-state index in [-0.39, 0.29) is 41.8 Å². The number of nitrogens with zero attached hydrogens (tertiary/aromatic N) is 3. The smallest absolute Gasteiger partial charge is 0.345 e. The van der Waals surface area contributed by atoms with Gasteiger partial charge >= 0.3 is 5.97 Å². The van der Waals surface area contributed by atoms with Crippen molar-refractivity contribution in [1.82, 2.24) is 4.98 Å². The third-order valence-corrected chi connectivity index (χ3v) is 6.15. The van der Waals surface area contributed by atoms with Crippen LogP contribution in [0.2, 0.25) is 0 Å². The van der Waals surface area contributed by atoms with Gasteiger partial charge in [0.2, 0.25) is 5.88 Å². The van der Waals surface area contributed by atoms with E-state index in [1.807, 2.05) is 6.07 Å². The Labute approximate surface area is 155 Å². The zero-order chi connectivity index (χ0) is 19.2. The van der Waals surface area contributed by atoms with Crippen LogP contribution in [0, 0.1) is 0 Å². The number of aromatic carboxylic acids is 1. The molecule has 0 amide bonds. The number of hydrogen-bond donors (Lipinski definition) is 4. The first-order valence-corrected chi connectivity index (χ1v) is 10.0. The third kappa shape index (κ3) is 3.18. The van der Waals surface area contributed by atoms with E-state index < -0.39 is 22.3 Å². The van der Waals surface area contributed by atoms with Crippen LogP contribution in [0.3, 0.4) is 0 Å². The van der Waals surface area contributed by atoms with Crippen LogP contribution in [-0.2, 0) is 0 Å². The Hall–Kier alpha value is -2.82. The van der Waals surface area contributed by atoms with Crippen LogP contribution in [0.5, 0.6) is 5.75 Å². The number of carbonyl (C=O) groups is 1. The molecule has 4 heterocycles. The Bertz CT molecular complexity index is 971. The number of aromatic hydroxyl groups is 1. The molecule has 2 aliphatic rings. The number of furan rings is 1. The van der Waals surface area contributed by atoms with E-state index in [9.17, 15) is 24.1 Å². The van der Waals surface area contributed by atoms with Crippen LogP contribution in [-0.4, -0.2) is 61.1 Å². The zero-order valence-electron chi connectivity index (χ0n) is 14.1. The van der Waals surface area contributed by atoms with E-state index in [0.29, 0.717) is 11.4 Å². The Kier molecular flexibility index (Phi) is 4.17. The van der Waals surface area contributed by atoms with Crippen molar-refractivity contribution < 1.29 is 28.5 Å². The topological polar surface area (TPSA) is 140 Å². The second-order valence-corrected chi connectivity index (χ2v) is 8.65. The van der Waals surface area contributed by atoms with Gasteiger partial charge in [0.1, 0.15) is 0 Å². The minimum absolute atomic E-state index is 0.00210. The van der Waals surface area contributed by atoms with Crippen LogP contribution in [0.1, 0.15) is 21.7 Å². The molecule has 9 nitrogen and oxygen atoms in total. The Morgan fingerprint density at radius 2 is 2.04 bits per heavy atom. The van der Waals surface area contributed by atoms with Crippen molar-refractivity contribution in [3.8, 4) is 5.75 Å². The summed E-state index contributed by atoms with van der Waals surface area (Å²) < 4.78 is 25.2. The molecule has 1 fully saturated rings. The molecule has 4 rings (SSSR count). The van der Waals surface area contributed by atoms with Gasteiger partial charge in [0.25, 0.3) is 0 Å². The molecule has 0 saturated carbocycles. The predicted molar refractivity (Wildman–Crippen MR) is 102 cm³/mol. The van der Waals surface area contributed by atoms with E-state index in [4.69, 9.17) is 4.42 Å². The highest BCUT2D eigenvalue weighted by molar-refractivity contribution is 8.24. The minimum Gasteiger partial charge on any atom is -0.504 e. The van der Waals surface area contributed by atoms with Gasteiger partial charge in [-0.3, -0.25) is 9.11 Å². The summed E-state index contributed by atoms with van der Waals surface area (Å²) in [6, 6.07) is 3.57. The molecule has 0 spiro atoms.